The van der Waals surface area contributed by atoms with E-state index in [1.165, 1.54) is 25.3 Å². The summed E-state index contributed by atoms with van der Waals surface area (Å²) in [7, 11) is 1.50. The number of hydrogen-bond acceptors (Lipinski definition) is 6. The molecular formula is C21H17NO5-2. The summed E-state index contributed by atoms with van der Waals surface area (Å²) in [6.45, 7) is 0. The molecule has 1 heterocycles. The van der Waals surface area contributed by atoms with Crippen molar-refractivity contribution in [1.29, 1.82) is 0 Å². The fourth-order valence-electron chi connectivity index (χ4n) is 4.10. The van der Waals surface area contributed by atoms with Crippen LogP contribution in [0.2, 0.25) is 0 Å². The van der Waals surface area contributed by atoms with Crippen LogP contribution in [0.15, 0.2) is 48.6 Å². The van der Waals surface area contributed by atoms with E-state index in [0.717, 1.165) is 23.2 Å². The van der Waals surface area contributed by atoms with Gasteiger partial charge in [-0.3, -0.25) is 0 Å². The number of methoxy groups -OCH3 is 1. The Morgan fingerprint density at radius 3 is 2.41 bits per heavy atom. The number of aromatic carboxylic acids is 2. The normalized spacial score (nSPS) is 22.5. The third-order valence-electron chi connectivity index (χ3n) is 5.39. The van der Waals surface area contributed by atoms with E-state index >= 15 is 0 Å². The Morgan fingerprint density at radius 2 is 1.78 bits per heavy atom. The number of nitrogens with one attached hydrogen (secondary N) is 1. The molecule has 2 aromatic rings. The second kappa shape index (κ2) is 6.46. The van der Waals surface area contributed by atoms with E-state index in [-0.39, 0.29) is 29.0 Å². The molecule has 1 N–H and O–H groups in total. The van der Waals surface area contributed by atoms with Crippen LogP contribution >= 0.6 is 0 Å². The van der Waals surface area contributed by atoms with E-state index in [4.69, 9.17) is 4.74 Å². The van der Waals surface area contributed by atoms with Gasteiger partial charge in [0.1, 0.15) is 5.75 Å². The van der Waals surface area contributed by atoms with Gasteiger partial charge in [-0.05, 0) is 41.2 Å². The molecule has 6 nitrogen and oxygen atoms in total. The molecule has 0 radical (unpaired) electrons. The first-order valence-corrected chi connectivity index (χ1v) is 8.67. The SMILES string of the molecule is COc1cc(C(=O)[O-])cc2c1N[C@@H](c1ccc(C(=O)[O-])cc1)[C@@H]1CC=C[C@H]21. The van der Waals surface area contributed by atoms with Gasteiger partial charge in [-0.1, -0.05) is 36.4 Å². The van der Waals surface area contributed by atoms with E-state index in [1.54, 1.807) is 18.2 Å². The van der Waals surface area contributed by atoms with Crippen LogP contribution in [0, 0.1) is 5.92 Å². The molecule has 3 atom stereocenters. The number of ether oxygens (including phenoxy) is 1. The number of carbonyl (C=O) groups excluding carboxylic acids is 2. The Bertz CT molecular complexity index is 948. The van der Waals surface area contributed by atoms with Crippen molar-refractivity contribution in [3.63, 3.8) is 0 Å². The highest BCUT2D eigenvalue weighted by Gasteiger charge is 2.39. The topological polar surface area (TPSA) is 102 Å². The number of rotatable bonds is 4. The molecule has 1 aliphatic carbocycles. The summed E-state index contributed by atoms with van der Waals surface area (Å²) in [5, 5.41) is 25.8. The lowest BCUT2D eigenvalue weighted by Gasteiger charge is -2.38. The lowest BCUT2D eigenvalue weighted by molar-refractivity contribution is -0.256. The average Bonchev–Trinajstić information content (AvgIpc) is 3.16. The van der Waals surface area contributed by atoms with Crippen LogP contribution in [0.25, 0.3) is 0 Å². The Morgan fingerprint density at radius 1 is 1.07 bits per heavy atom. The number of carboxylic acid groups (broad SMARTS) is 2. The van der Waals surface area contributed by atoms with Gasteiger partial charge in [0.15, 0.2) is 0 Å². The number of carboxylic acids is 2. The van der Waals surface area contributed by atoms with Gasteiger partial charge in [-0.15, -0.1) is 0 Å². The zero-order valence-electron chi connectivity index (χ0n) is 14.6. The van der Waals surface area contributed by atoms with Gasteiger partial charge in [-0.25, -0.2) is 0 Å². The van der Waals surface area contributed by atoms with Crippen LogP contribution in [0.3, 0.4) is 0 Å². The number of fused-ring (bicyclic) bond motifs is 3. The molecule has 0 aromatic heterocycles. The van der Waals surface area contributed by atoms with Crippen LogP contribution in [0.4, 0.5) is 5.69 Å². The number of benzene rings is 2. The molecule has 1 aliphatic heterocycles. The average molecular weight is 363 g/mol. The molecule has 0 amide bonds. The second-order valence-corrected chi connectivity index (χ2v) is 6.82. The lowest BCUT2D eigenvalue weighted by atomic mass is 9.76. The van der Waals surface area contributed by atoms with E-state index in [1.807, 2.05) is 0 Å². The van der Waals surface area contributed by atoms with Gasteiger partial charge in [0, 0.05) is 11.5 Å². The van der Waals surface area contributed by atoms with Crippen molar-refractivity contribution in [3.8, 4) is 5.75 Å². The molecule has 0 saturated heterocycles. The largest absolute Gasteiger partial charge is 0.545 e. The predicted octanol–water partition coefficient (Wildman–Crippen LogP) is 1.25. The molecule has 4 rings (SSSR count). The van der Waals surface area contributed by atoms with Crippen molar-refractivity contribution in [2.45, 2.75) is 18.4 Å². The molecule has 2 aromatic carbocycles. The first-order chi connectivity index (χ1) is 13.0. The summed E-state index contributed by atoms with van der Waals surface area (Å²) in [5.74, 6) is -1.77. The fourth-order valence-corrected chi connectivity index (χ4v) is 4.10. The number of hydrogen-bond donors (Lipinski definition) is 1. The molecule has 0 saturated carbocycles. The Labute approximate surface area is 156 Å². The van der Waals surface area contributed by atoms with Gasteiger partial charge in [0.25, 0.3) is 0 Å². The zero-order valence-corrected chi connectivity index (χ0v) is 14.6. The van der Waals surface area contributed by atoms with E-state index in [9.17, 15) is 19.8 Å². The third kappa shape index (κ3) is 2.83. The van der Waals surface area contributed by atoms with Gasteiger partial charge < -0.3 is 29.9 Å². The summed E-state index contributed by atoms with van der Waals surface area (Å²) in [5.41, 5.74) is 2.80. The van der Waals surface area contributed by atoms with E-state index < -0.39 is 11.9 Å². The maximum Gasteiger partial charge on any atom is 0.142 e. The summed E-state index contributed by atoms with van der Waals surface area (Å²) in [6.07, 6.45) is 5.01. The number of carbonyl (C=O) groups is 2. The predicted molar refractivity (Wildman–Crippen MR) is 94.4 cm³/mol. The summed E-state index contributed by atoms with van der Waals surface area (Å²) in [4.78, 5) is 22.4. The first-order valence-electron chi connectivity index (χ1n) is 8.67. The summed E-state index contributed by atoms with van der Waals surface area (Å²) >= 11 is 0. The molecule has 0 unspecified atom stereocenters. The van der Waals surface area contributed by atoms with Crippen LogP contribution in [-0.2, 0) is 0 Å². The maximum absolute atomic E-state index is 11.4. The van der Waals surface area contributed by atoms with Gasteiger partial charge in [0.05, 0.1) is 30.8 Å². The van der Waals surface area contributed by atoms with Crippen molar-refractivity contribution in [2.24, 2.45) is 5.92 Å². The van der Waals surface area contributed by atoms with Crippen molar-refractivity contribution in [1.82, 2.24) is 0 Å². The highest BCUT2D eigenvalue weighted by molar-refractivity contribution is 5.89. The van der Waals surface area contributed by atoms with Gasteiger partial charge in [0.2, 0.25) is 0 Å². The quantitative estimate of drug-likeness (QED) is 0.821. The minimum atomic E-state index is -1.24. The Hall–Kier alpha value is -3.28. The smallest absolute Gasteiger partial charge is 0.142 e. The van der Waals surface area contributed by atoms with Crippen molar-refractivity contribution in [2.75, 3.05) is 12.4 Å². The highest BCUT2D eigenvalue weighted by Crippen LogP contribution is 2.52. The third-order valence-corrected chi connectivity index (χ3v) is 5.39. The molecule has 138 valence electrons. The van der Waals surface area contributed by atoms with E-state index in [0.29, 0.717) is 5.75 Å². The van der Waals surface area contributed by atoms with Crippen molar-refractivity contribution >= 4 is 17.6 Å². The molecular weight excluding hydrogens is 346 g/mol. The van der Waals surface area contributed by atoms with Crippen molar-refractivity contribution in [3.05, 3.63) is 70.8 Å². The van der Waals surface area contributed by atoms with E-state index in [2.05, 4.69) is 17.5 Å². The van der Waals surface area contributed by atoms with Crippen molar-refractivity contribution < 1.29 is 24.5 Å². The molecule has 0 spiro atoms. The van der Waals surface area contributed by atoms with Crippen LogP contribution < -0.4 is 20.3 Å². The molecule has 2 aliphatic rings. The van der Waals surface area contributed by atoms with Crippen LogP contribution in [-0.4, -0.2) is 19.0 Å². The minimum Gasteiger partial charge on any atom is -0.545 e. The Balaban J connectivity index is 1.79. The number of anilines is 1. The maximum atomic E-state index is 11.4. The van der Waals surface area contributed by atoms with Gasteiger partial charge >= 0.3 is 0 Å². The molecule has 0 bridgehead atoms. The first kappa shape index (κ1) is 17.1. The fraction of sp³-hybridized carbons (Fsp3) is 0.238. The van der Waals surface area contributed by atoms with Crippen LogP contribution in [0.5, 0.6) is 5.75 Å². The highest BCUT2D eigenvalue weighted by atomic mass is 16.5. The summed E-state index contributed by atoms with van der Waals surface area (Å²) in [6, 6.07) is 9.68. The van der Waals surface area contributed by atoms with Crippen LogP contribution in [0.1, 0.15) is 50.2 Å². The monoisotopic (exact) mass is 363 g/mol. The minimum absolute atomic E-state index is 0.0419. The second-order valence-electron chi connectivity index (χ2n) is 6.82. The molecule has 0 fully saturated rings. The standard InChI is InChI=1S/C21H19NO5/c1-27-17-10-13(21(25)26)9-16-14-3-2-4-15(14)18(22-19(16)17)11-5-7-12(8-6-11)20(23)24/h2-3,5-10,14-15,18,22H,4H2,1H3,(H,23,24)(H,25,26)/p-2/t14-,15+,18-/m0/s1. The Kier molecular flexibility index (Phi) is 4.11. The van der Waals surface area contributed by atoms with Gasteiger partial charge in [-0.2, -0.15) is 0 Å². The molecule has 6 heteroatoms. The number of allylic oxidation sites excluding steroid dienone is 2. The summed E-state index contributed by atoms with van der Waals surface area (Å²) < 4.78 is 5.42. The zero-order chi connectivity index (χ0) is 19.1. The lowest BCUT2D eigenvalue weighted by Crippen LogP contribution is -2.30. The molecule has 27 heavy (non-hydrogen) atoms.